The zero-order chi connectivity index (χ0) is 8.27. The van der Waals surface area contributed by atoms with Gasteiger partial charge >= 0.3 is 6.03 Å². The summed E-state index contributed by atoms with van der Waals surface area (Å²) in [5.74, 6) is 0.488. The van der Waals surface area contributed by atoms with E-state index in [2.05, 4.69) is 18.3 Å². The van der Waals surface area contributed by atoms with Crippen LogP contribution in [0.4, 0.5) is 4.79 Å². The van der Waals surface area contributed by atoms with Crippen molar-refractivity contribution in [1.29, 1.82) is 0 Å². The zero-order valence-electron chi connectivity index (χ0n) is 6.50. The van der Waals surface area contributed by atoms with E-state index in [0.717, 1.165) is 12.1 Å². The third kappa shape index (κ3) is 2.45. The Bertz CT molecular complexity index is 218. The molecule has 1 aliphatic rings. The minimum absolute atomic E-state index is 0.487. The SMILES string of the molecule is CC1C=CC=C(NC(N)=O)C1. The predicted octanol–water partition coefficient (Wildman–Crippen LogP) is 1.13. The van der Waals surface area contributed by atoms with Crippen LogP contribution in [0.5, 0.6) is 0 Å². The van der Waals surface area contributed by atoms with Crippen molar-refractivity contribution in [1.82, 2.24) is 5.32 Å². The molecule has 3 nitrogen and oxygen atoms in total. The Labute approximate surface area is 66.0 Å². The number of primary amides is 1. The number of urea groups is 1. The number of hydrogen-bond acceptors (Lipinski definition) is 1. The average molecular weight is 152 g/mol. The third-order valence-electron chi connectivity index (χ3n) is 1.56. The van der Waals surface area contributed by atoms with Crippen LogP contribution >= 0.6 is 0 Å². The van der Waals surface area contributed by atoms with E-state index in [0.29, 0.717) is 5.92 Å². The summed E-state index contributed by atoms with van der Waals surface area (Å²) in [7, 11) is 0. The van der Waals surface area contributed by atoms with Crippen LogP contribution in [0.3, 0.4) is 0 Å². The van der Waals surface area contributed by atoms with Crippen molar-refractivity contribution in [3.8, 4) is 0 Å². The van der Waals surface area contributed by atoms with Gasteiger partial charge in [0, 0.05) is 5.70 Å². The van der Waals surface area contributed by atoms with Crippen LogP contribution < -0.4 is 11.1 Å². The molecule has 1 aliphatic carbocycles. The van der Waals surface area contributed by atoms with E-state index >= 15 is 0 Å². The van der Waals surface area contributed by atoms with Crippen molar-refractivity contribution in [3.05, 3.63) is 23.9 Å². The summed E-state index contributed by atoms with van der Waals surface area (Å²) >= 11 is 0. The molecule has 1 atom stereocenters. The Hall–Kier alpha value is -1.25. The van der Waals surface area contributed by atoms with Gasteiger partial charge in [-0.15, -0.1) is 0 Å². The van der Waals surface area contributed by atoms with Crippen LogP contribution in [0, 0.1) is 5.92 Å². The minimum atomic E-state index is -0.487. The van der Waals surface area contributed by atoms with Crippen molar-refractivity contribution in [2.75, 3.05) is 0 Å². The molecule has 3 heteroatoms. The predicted molar refractivity (Wildman–Crippen MR) is 43.7 cm³/mol. The van der Waals surface area contributed by atoms with E-state index < -0.39 is 6.03 Å². The first-order valence-corrected chi connectivity index (χ1v) is 3.62. The van der Waals surface area contributed by atoms with E-state index in [9.17, 15) is 4.79 Å². The van der Waals surface area contributed by atoms with Crippen LogP contribution in [0.25, 0.3) is 0 Å². The summed E-state index contributed by atoms with van der Waals surface area (Å²) in [4.78, 5) is 10.4. The average Bonchev–Trinajstić information content (AvgIpc) is 1.85. The van der Waals surface area contributed by atoms with Crippen molar-refractivity contribution in [2.45, 2.75) is 13.3 Å². The Kier molecular flexibility index (Phi) is 2.31. The van der Waals surface area contributed by atoms with Gasteiger partial charge in [-0.3, -0.25) is 0 Å². The van der Waals surface area contributed by atoms with E-state index in [4.69, 9.17) is 5.73 Å². The molecule has 0 aromatic heterocycles. The first-order valence-electron chi connectivity index (χ1n) is 3.62. The number of allylic oxidation sites excluding steroid dienone is 4. The second kappa shape index (κ2) is 3.23. The van der Waals surface area contributed by atoms with Crippen LogP contribution in [0.1, 0.15) is 13.3 Å². The standard InChI is InChI=1S/C8H12N2O/c1-6-3-2-4-7(5-6)10-8(9)11/h2-4,6H,5H2,1H3,(H3,9,10,11). The van der Waals surface area contributed by atoms with Gasteiger partial charge in [-0.2, -0.15) is 0 Å². The van der Waals surface area contributed by atoms with Gasteiger partial charge in [0.05, 0.1) is 0 Å². The number of carbonyl (C=O) groups excluding carboxylic acids is 1. The smallest absolute Gasteiger partial charge is 0.316 e. The second-order valence-corrected chi connectivity index (χ2v) is 2.75. The molecule has 0 saturated carbocycles. The Morgan fingerprint density at radius 2 is 2.55 bits per heavy atom. The van der Waals surface area contributed by atoms with Crippen molar-refractivity contribution in [2.24, 2.45) is 11.7 Å². The van der Waals surface area contributed by atoms with Crippen molar-refractivity contribution < 1.29 is 4.79 Å². The largest absolute Gasteiger partial charge is 0.351 e. The highest BCUT2D eigenvalue weighted by Gasteiger charge is 2.06. The highest BCUT2D eigenvalue weighted by molar-refractivity contribution is 5.73. The number of nitrogens with one attached hydrogen (secondary N) is 1. The maximum absolute atomic E-state index is 10.4. The summed E-state index contributed by atoms with van der Waals surface area (Å²) in [5.41, 5.74) is 5.85. The zero-order valence-corrected chi connectivity index (χ0v) is 6.50. The van der Waals surface area contributed by atoms with E-state index in [-0.39, 0.29) is 0 Å². The first-order chi connectivity index (χ1) is 5.18. The highest BCUT2D eigenvalue weighted by Crippen LogP contribution is 2.14. The molecular formula is C8H12N2O. The molecule has 0 heterocycles. The quantitative estimate of drug-likeness (QED) is 0.581. The Morgan fingerprint density at radius 1 is 1.82 bits per heavy atom. The van der Waals surface area contributed by atoms with E-state index in [1.54, 1.807) is 0 Å². The molecule has 0 aliphatic heterocycles. The van der Waals surface area contributed by atoms with Crippen LogP contribution in [-0.4, -0.2) is 6.03 Å². The van der Waals surface area contributed by atoms with Gasteiger partial charge in [0.25, 0.3) is 0 Å². The normalized spacial score (nSPS) is 22.6. The maximum Gasteiger partial charge on any atom is 0.316 e. The Morgan fingerprint density at radius 3 is 3.09 bits per heavy atom. The maximum atomic E-state index is 10.4. The molecule has 0 bridgehead atoms. The molecule has 60 valence electrons. The van der Waals surface area contributed by atoms with E-state index in [1.165, 1.54) is 0 Å². The molecule has 1 unspecified atom stereocenters. The van der Waals surface area contributed by atoms with Gasteiger partial charge in [0.1, 0.15) is 0 Å². The summed E-state index contributed by atoms with van der Waals surface area (Å²) in [6.45, 7) is 2.09. The van der Waals surface area contributed by atoms with Gasteiger partial charge in [-0.1, -0.05) is 19.1 Å². The van der Waals surface area contributed by atoms with Crippen LogP contribution in [0.15, 0.2) is 23.9 Å². The van der Waals surface area contributed by atoms with Gasteiger partial charge in [0.2, 0.25) is 0 Å². The lowest BCUT2D eigenvalue weighted by Gasteiger charge is -2.13. The number of carbonyl (C=O) groups is 1. The lowest BCUT2D eigenvalue weighted by molar-refractivity contribution is 0.250. The van der Waals surface area contributed by atoms with Crippen molar-refractivity contribution >= 4 is 6.03 Å². The first kappa shape index (κ1) is 7.85. The molecule has 1 rings (SSSR count). The van der Waals surface area contributed by atoms with Gasteiger partial charge < -0.3 is 11.1 Å². The topological polar surface area (TPSA) is 55.1 Å². The lowest BCUT2D eigenvalue weighted by Crippen LogP contribution is -2.29. The molecule has 11 heavy (non-hydrogen) atoms. The summed E-state index contributed by atoms with van der Waals surface area (Å²) in [6.07, 6.45) is 6.75. The summed E-state index contributed by atoms with van der Waals surface area (Å²) < 4.78 is 0. The number of amides is 2. The van der Waals surface area contributed by atoms with Crippen molar-refractivity contribution in [3.63, 3.8) is 0 Å². The molecule has 0 aromatic rings. The fourth-order valence-corrected chi connectivity index (χ4v) is 1.10. The van der Waals surface area contributed by atoms with Gasteiger partial charge in [-0.25, -0.2) is 4.79 Å². The van der Waals surface area contributed by atoms with Crippen LogP contribution in [0.2, 0.25) is 0 Å². The second-order valence-electron chi connectivity index (χ2n) is 2.75. The molecule has 0 aromatic carbocycles. The van der Waals surface area contributed by atoms with Crippen LogP contribution in [-0.2, 0) is 0 Å². The fraction of sp³-hybridized carbons (Fsp3) is 0.375. The Balaban J connectivity index is 2.52. The van der Waals surface area contributed by atoms with Gasteiger partial charge in [-0.05, 0) is 18.4 Å². The molecule has 2 amide bonds. The number of rotatable bonds is 1. The highest BCUT2D eigenvalue weighted by atomic mass is 16.2. The fourth-order valence-electron chi connectivity index (χ4n) is 1.10. The molecular weight excluding hydrogens is 140 g/mol. The summed E-state index contributed by atoms with van der Waals surface area (Å²) in [5, 5.41) is 2.56. The lowest BCUT2D eigenvalue weighted by atomic mass is 10.0. The molecule has 0 fully saturated rings. The number of hydrogen-bond donors (Lipinski definition) is 2. The molecule has 0 radical (unpaired) electrons. The monoisotopic (exact) mass is 152 g/mol. The van der Waals surface area contributed by atoms with Gasteiger partial charge in [0.15, 0.2) is 0 Å². The molecule has 0 saturated heterocycles. The molecule has 3 N–H and O–H groups in total. The molecule has 0 spiro atoms. The number of nitrogens with two attached hydrogens (primary N) is 1. The van der Waals surface area contributed by atoms with E-state index in [1.807, 2.05) is 12.2 Å². The minimum Gasteiger partial charge on any atom is -0.351 e. The summed E-state index contributed by atoms with van der Waals surface area (Å²) in [6, 6.07) is -0.487. The third-order valence-corrected chi connectivity index (χ3v) is 1.56.